The van der Waals surface area contributed by atoms with E-state index in [1.807, 2.05) is 6.07 Å². The molecule has 1 heterocycles. The van der Waals surface area contributed by atoms with Gasteiger partial charge in [0.15, 0.2) is 11.6 Å². The van der Waals surface area contributed by atoms with Crippen molar-refractivity contribution in [3.05, 3.63) is 24.0 Å². The lowest BCUT2D eigenvalue weighted by molar-refractivity contribution is 0.183. The number of nitrogens with one attached hydrogen (secondary N) is 1. The fourth-order valence-electron chi connectivity index (χ4n) is 2.08. The Morgan fingerprint density at radius 3 is 2.94 bits per heavy atom. The number of anilines is 1. The van der Waals surface area contributed by atoms with Crippen LogP contribution in [0.5, 0.6) is 5.75 Å². The summed E-state index contributed by atoms with van der Waals surface area (Å²) in [4.78, 5) is 0. The highest BCUT2D eigenvalue weighted by molar-refractivity contribution is 5.48. The minimum absolute atomic E-state index is 0.271. The lowest BCUT2D eigenvalue weighted by atomic mass is 10.0. The van der Waals surface area contributed by atoms with Gasteiger partial charge in [-0.25, -0.2) is 4.39 Å². The molecule has 3 nitrogen and oxygen atoms in total. The van der Waals surface area contributed by atoms with E-state index in [2.05, 4.69) is 12.2 Å². The summed E-state index contributed by atoms with van der Waals surface area (Å²) in [6.45, 7) is 3.71. The summed E-state index contributed by atoms with van der Waals surface area (Å²) in [5.74, 6) is 0.430. The Balaban J connectivity index is 2.00. The standard InChI is InChI=1S/C13H18FNO2/c1-9(10-5-6-17-8-10)15-11-3-4-13(16-2)12(14)7-11/h3-4,7,9-10,15H,5-6,8H2,1-2H3. The molecule has 1 aliphatic heterocycles. The second kappa shape index (κ2) is 5.36. The molecule has 1 N–H and O–H groups in total. The van der Waals surface area contributed by atoms with Crippen molar-refractivity contribution >= 4 is 5.69 Å². The van der Waals surface area contributed by atoms with Gasteiger partial charge in [0.2, 0.25) is 0 Å². The Bertz CT molecular complexity index is 378. The van der Waals surface area contributed by atoms with Crippen molar-refractivity contribution in [2.45, 2.75) is 19.4 Å². The Kier molecular flexibility index (Phi) is 3.84. The topological polar surface area (TPSA) is 30.5 Å². The van der Waals surface area contributed by atoms with Gasteiger partial charge in [-0.2, -0.15) is 0 Å². The lowest BCUT2D eigenvalue weighted by Gasteiger charge is -2.20. The largest absolute Gasteiger partial charge is 0.494 e. The molecule has 0 spiro atoms. The molecule has 0 aliphatic carbocycles. The molecule has 1 aromatic rings. The Morgan fingerprint density at radius 2 is 2.35 bits per heavy atom. The van der Waals surface area contributed by atoms with Gasteiger partial charge in [0.05, 0.1) is 13.7 Å². The molecule has 2 unspecified atom stereocenters. The second-order valence-corrected chi connectivity index (χ2v) is 4.41. The summed E-state index contributed by atoms with van der Waals surface area (Å²) in [7, 11) is 1.46. The van der Waals surface area contributed by atoms with Gasteiger partial charge in [0, 0.05) is 30.3 Å². The molecule has 0 aromatic heterocycles. The number of hydrogen-bond donors (Lipinski definition) is 1. The second-order valence-electron chi connectivity index (χ2n) is 4.41. The minimum atomic E-state index is -0.340. The molecule has 0 radical (unpaired) electrons. The van der Waals surface area contributed by atoms with Gasteiger partial charge in [0.1, 0.15) is 0 Å². The van der Waals surface area contributed by atoms with Crippen LogP contribution in [0.4, 0.5) is 10.1 Å². The average Bonchev–Trinajstić information content (AvgIpc) is 2.82. The maximum absolute atomic E-state index is 13.5. The van der Waals surface area contributed by atoms with Crippen LogP contribution in [-0.2, 0) is 4.74 Å². The fraction of sp³-hybridized carbons (Fsp3) is 0.538. The van der Waals surface area contributed by atoms with Crippen molar-refractivity contribution in [3.63, 3.8) is 0 Å². The smallest absolute Gasteiger partial charge is 0.167 e. The minimum Gasteiger partial charge on any atom is -0.494 e. The average molecular weight is 239 g/mol. The zero-order valence-corrected chi connectivity index (χ0v) is 10.2. The Hall–Kier alpha value is -1.29. The van der Waals surface area contributed by atoms with E-state index in [0.29, 0.717) is 5.92 Å². The number of methoxy groups -OCH3 is 1. The van der Waals surface area contributed by atoms with Crippen molar-refractivity contribution in [1.29, 1.82) is 0 Å². The van der Waals surface area contributed by atoms with Crippen LogP contribution in [0, 0.1) is 11.7 Å². The molecule has 2 rings (SSSR count). The van der Waals surface area contributed by atoms with E-state index >= 15 is 0 Å². The van der Waals surface area contributed by atoms with Crippen LogP contribution in [0.3, 0.4) is 0 Å². The summed E-state index contributed by atoms with van der Waals surface area (Å²) in [6, 6.07) is 5.21. The molecule has 1 fully saturated rings. The molecule has 2 atom stereocenters. The van der Waals surface area contributed by atoms with Crippen molar-refractivity contribution in [3.8, 4) is 5.75 Å². The van der Waals surface area contributed by atoms with Crippen LogP contribution < -0.4 is 10.1 Å². The molecule has 1 aromatic carbocycles. The number of hydrogen-bond acceptors (Lipinski definition) is 3. The molecule has 4 heteroatoms. The maximum atomic E-state index is 13.5. The van der Waals surface area contributed by atoms with Gasteiger partial charge < -0.3 is 14.8 Å². The first-order valence-electron chi connectivity index (χ1n) is 5.88. The van der Waals surface area contributed by atoms with Gasteiger partial charge in [-0.15, -0.1) is 0 Å². The summed E-state index contributed by atoms with van der Waals surface area (Å²) in [6.07, 6.45) is 1.06. The third-order valence-electron chi connectivity index (χ3n) is 3.22. The predicted molar refractivity (Wildman–Crippen MR) is 65.0 cm³/mol. The molecule has 0 bridgehead atoms. The third-order valence-corrected chi connectivity index (χ3v) is 3.22. The van der Waals surface area contributed by atoms with Gasteiger partial charge in [0.25, 0.3) is 0 Å². The molecule has 1 saturated heterocycles. The fourth-order valence-corrected chi connectivity index (χ4v) is 2.08. The summed E-state index contributed by atoms with van der Waals surface area (Å²) in [5.41, 5.74) is 0.780. The van der Waals surface area contributed by atoms with E-state index in [-0.39, 0.29) is 17.6 Å². The first-order valence-corrected chi connectivity index (χ1v) is 5.88. The Labute approximate surface area is 101 Å². The number of halogens is 1. The quantitative estimate of drug-likeness (QED) is 0.876. The summed E-state index contributed by atoms with van der Waals surface area (Å²) in [5, 5.41) is 3.30. The monoisotopic (exact) mass is 239 g/mol. The SMILES string of the molecule is COc1ccc(NC(C)C2CCOC2)cc1F. The van der Waals surface area contributed by atoms with Crippen molar-refractivity contribution in [2.24, 2.45) is 5.92 Å². The normalized spacial score (nSPS) is 21.2. The van der Waals surface area contributed by atoms with Gasteiger partial charge in [-0.3, -0.25) is 0 Å². The van der Waals surface area contributed by atoms with E-state index in [0.717, 1.165) is 25.3 Å². The molecule has 0 saturated carbocycles. The van der Waals surface area contributed by atoms with Crippen LogP contribution in [0.2, 0.25) is 0 Å². The van der Waals surface area contributed by atoms with Crippen LogP contribution in [0.1, 0.15) is 13.3 Å². The van der Waals surface area contributed by atoms with Gasteiger partial charge in [-0.05, 0) is 25.5 Å². The maximum Gasteiger partial charge on any atom is 0.167 e. The van der Waals surface area contributed by atoms with E-state index in [9.17, 15) is 4.39 Å². The van der Waals surface area contributed by atoms with Crippen LogP contribution >= 0.6 is 0 Å². The predicted octanol–water partition coefficient (Wildman–Crippen LogP) is 2.67. The Morgan fingerprint density at radius 1 is 1.53 bits per heavy atom. The zero-order chi connectivity index (χ0) is 12.3. The van der Waals surface area contributed by atoms with Crippen molar-refractivity contribution in [1.82, 2.24) is 0 Å². The van der Waals surface area contributed by atoms with E-state index in [1.165, 1.54) is 13.2 Å². The molecule has 0 amide bonds. The highest BCUT2D eigenvalue weighted by Gasteiger charge is 2.22. The first kappa shape index (κ1) is 12.2. The van der Waals surface area contributed by atoms with E-state index in [1.54, 1.807) is 6.07 Å². The highest BCUT2D eigenvalue weighted by atomic mass is 19.1. The number of benzene rings is 1. The highest BCUT2D eigenvalue weighted by Crippen LogP contribution is 2.24. The number of rotatable bonds is 4. The van der Waals surface area contributed by atoms with Crippen molar-refractivity contribution in [2.75, 3.05) is 25.6 Å². The molecule has 94 valence electrons. The van der Waals surface area contributed by atoms with Gasteiger partial charge in [-0.1, -0.05) is 0 Å². The first-order chi connectivity index (χ1) is 8.20. The van der Waals surface area contributed by atoms with Crippen LogP contribution in [0.25, 0.3) is 0 Å². The van der Waals surface area contributed by atoms with Crippen LogP contribution in [-0.4, -0.2) is 26.4 Å². The van der Waals surface area contributed by atoms with Gasteiger partial charge >= 0.3 is 0 Å². The summed E-state index contributed by atoms with van der Waals surface area (Å²) >= 11 is 0. The van der Waals surface area contributed by atoms with Crippen LogP contribution in [0.15, 0.2) is 18.2 Å². The van der Waals surface area contributed by atoms with E-state index in [4.69, 9.17) is 9.47 Å². The molecule has 1 aliphatic rings. The third kappa shape index (κ3) is 2.88. The zero-order valence-electron chi connectivity index (χ0n) is 10.2. The molecular formula is C13H18FNO2. The van der Waals surface area contributed by atoms with Crippen molar-refractivity contribution < 1.29 is 13.9 Å². The summed E-state index contributed by atoms with van der Waals surface area (Å²) < 4.78 is 23.7. The molecular weight excluding hydrogens is 221 g/mol. The molecule has 17 heavy (non-hydrogen) atoms. The lowest BCUT2D eigenvalue weighted by Crippen LogP contribution is -2.26. The van der Waals surface area contributed by atoms with E-state index < -0.39 is 0 Å². The number of ether oxygens (including phenoxy) is 2.